The zero-order valence-electron chi connectivity index (χ0n) is 22.9. The second-order valence-electron chi connectivity index (χ2n) is 8.96. The number of pyridine rings is 1. The van der Waals surface area contributed by atoms with Crippen LogP contribution in [0.4, 0.5) is 5.95 Å². The molecule has 210 valence electrons. The fraction of sp³-hybridized carbons (Fsp3) is 0.296. The van der Waals surface area contributed by atoms with E-state index in [1.54, 1.807) is 43.0 Å². The molecule has 13 heteroatoms. The van der Waals surface area contributed by atoms with Crippen LogP contribution in [0.15, 0.2) is 61.7 Å². The molecular weight excluding hydrogens is 534 g/mol. The fourth-order valence-electron chi connectivity index (χ4n) is 4.00. The van der Waals surface area contributed by atoms with Crippen LogP contribution in [-0.2, 0) is 14.8 Å². The summed E-state index contributed by atoms with van der Waals surface area (Å²) in [6.07, 6.45) is 7.06. The van der Waals surface area contributed by atoms with Gasteiger partial charge in [-0.2, -0.15) is 0 Å². The molecule has 4 aromatic rings. The molecule has 12 nitrogen and oxygen atoms in total. The summed E-state index contributed by atoms with van der Waals surface area (Å²) in [4.78, 5) is 12.9. The number of nitrogens with zero attached hydrogens (tertiary/aromatic N) is 6. The van der Waals surface area contributed by atoms with Crippen LogP contribution < -0.4 is 14.2 Å². The van der Waals surface area contributed by atoms with Crippen LogP contribution >= 0.6 is 0 Å². The van der Waals surface area contributed by atoms with Gasteiger partial charge in [0, 0.05) is 30.4 Å². The quantitative estimate of drug-likeness (QED) is 0.252. The number of benzene rings is 1. The summed E-state index contributed by atoms with van der Waals surface area (Å²) >= 11 is 0. The van der Waals surface area contributed by atoms with Gasteiger partial charge in [0.25, 0.3) is 0 Å². The van der Waals surface area contributed by atoms with Crippen molar-refractivity contribution in [2.45, 2.75) is 32.1 Å². The van der Waals surface area contributed by atoms with Gasteiger partial charge in [0.05, 0.1) is 20.8 Å². The van der Waals surface area contributed by atoms with Gasteiger partial charge in [0.15, 0.2) is 11.6 Å². The largest absolute Gasteiger partial charge is 0.494 e. The summed E-state index contributed by atoms with van der Waals surface area (Å²) < 4.78 is 48.8. The second-order valence-corrected chi connectivity index (χ2v) is 11.0. The lowest BCUT2D eigenvalue weighted by atomic mass is 10.2. The lowest BCUT2D eigenvalue weighted by molar-refractivity contribution is 0.0670. The van der Waals surface area contributed by atoms with E-state index in [1.165, 1.54) is 31.8 Å². The monoisotopic (exact) mass is 565 g/mol. The molecule has 0 saturated heterocycles. The lowest BCUT2D eigenvalue weighted by Crippen LogP contribution is -2.34. The maximum absolute atomic E-state index is 13.8. The molecule has 0 aliphatic heterocycles. The first-order valence-corrected chi connectivity index (χ1v) is 13.9. The van der Waals surface area contributed by atoms with Gasteiger partial charge >= 0.3 is 0 Å². The van der Waals surface area contributed by atoms with Gasteiger partial charge in [-0.25, -0.2) is 18.4 Å². The summed E-state index contributed by atoms with van der Waals surface area (Å²) in [5, 5.41) is 7.41. The number of para-hydroxylation sites is 1. The third kappa shape index (κ3) is 5.95. The first-order chi connectivity index (χ1) is 19.2. The van der Waals surface area contributed by atoms with Crippen LogP contribution in [0.5, 0.6) is 11.5 Å². The topological polar surface area (TPSA) is 143 Å². The van der Waals surface area contributed by atoms with E-state index in [-0.39, 0.29) is 18.4 Å². The summed E-state index contributed by atoms with van der Waals surface area (Å²) in [7, 11) is -1.15. The van der Waals surface area contributed by atoms with Crippen LogP contribution in [0.1, 0.15) is 30.0 Å². The van der Waals surface area contributed by atoms with Gasteiger partial charge in [-0.1, -0.05) is 12.1 Å². The Labute approximate surface area is 233 Å². The Kier molecular flexibility index (Phi) is 8.75. The Bertz CT molecular complexity index is 1570. The highest BCUT2D eigenvalue weighted by Crippen LogP contribution is 2.38. The fourth-order valence-corrected chi connectivity index (χ4v) is 5.10. The van der Waals surface area contributed by atoms with Gasteiger partial charge in [0.1, 0.15) is 28.5 Å². The molecular formula is C27H31N7O5S. The number of aromatic nitrogens is 6. The highest BCUT2D eigenvalue weighted by Gasteiger charge is 2.35. The van der Waals surface area contributed by atoms with E-state index in [9.17, 15) is 8.42 Å². The van der Waals surface area contributed by atoms with E-state index in [2.05, 4.69) is 36.5 Å². The highest BCUT2D eigenvalue weighted by molar-refractivity contribution is 7.93. The van der Waals surface area contributed by atoms with Crippen LogP contribution in [0.25, 0.3) is 17.1 Å². The van der Waals surface area contributed by atoms with Crippen molar-refractivity contribution in [1.82, 2.24) is 29.7 Å². The van der Waals surface area contributed by atoms with Crippen molar-refractivity contribution in [2.75, 3.05) is 25.5 Å². The smallest absolute Gasteiger partial charge is 0.243 e. The molecule has 0 radical (unpaired) electrons. The van der Waals surface area contributed by atoms with Gasteiger partial charge in [-0.05, 0) is 50.1 Å². The Morgan fingerprint density at radius 3 is 2.30 bits per heavy atom. The molecule has 4 rings (SSSR count). The van der Waals surface area contributed by atoms with Gasteiger partial charge < -0.3 is 14.2 Å². The number of hydrogen-bond donors (Lipinski definition) is 1. The minimum Gasteiger partial charge on any atom is -0.494 e. The molecule has 0 bridgehead atoms. The number of aryl methyl sites for hydroxylation is 2. The van der Waals surface area contributed by atoms with Crippen molar-refractivity contribution in [3.05, 3.63) is 78.7 Å². The van der Waals surface area contributed by atoms with Crippen LogP contribution in [-0.4, -0.2) is 64.2 Å². The van der Waals surface area contributed by atoms with E-state index < -0.39 is 21.4 Å². The third-order valence-corrected chi connectivity index (χ3v) is 7.71. The van der Waals surface area contributed by atoms with E-state index in [1.807, 2.05) is 19.9 Å². The summed E-state index contributed by atoms with van der Waals surface area (Å²) in [6.45, 7) is 9.00. The number of ether oxygens (including phenoxy) is 3. The molecule has 1 N–H and O–H groups in total. The molecule has 0 aliphatic rings. The number of hydrogen-bond acceptors (Lipinski definition) is 10. The summed E-state index contributed by atoms with van der Waals surface area (Å²) in [5.41, 5.74) is 2.73. The van der Waals surface area contributed by atoms with Crippen molar-refractivity contribution >= 4 is 16.0 Å². The Balaban J connectivity index is 1.84. The van der Waals surface area contributed by atoms with E-state index >= 15 is 0 Å². The number of sulfonamides is 1. The Morgan fingerprint density at radius 1 is 1.02 bits per heavy atom. The van der Waals surface area contributed by atoms with Crippen LogP contribution in [0.2, 0.25) is 0 Å². The van der Waals surface area contributed by atoms with Crippen molar-refractivity contribution in [2.24, 2.45) is 0 Å². The molecule has 2 atom stereocenters. The van der Waals surface area contributed by atoms with E-state index in [0.29, 0.717) is 28.6 Å². The van der Waals surface area contributed by atoms with Crippen molar-refractivity contribution in [1.29, 1.82) is 0 Å². The minimum atomic E-state index is -4.16. The lowest BCUT2D eigenvalue weighted by Gasteiger charge is -2.24. The summed E-state index contributed by atoms with van der Waals surface area (Å²) in [5.74, 6) is 1.29. The standard InChI is InChI=1S/C27H31N7O5S/c1-7-11-39-24(25-29-14-18(3)15-30-25)19(4)40(35,36)33-27-32-31-26(20-12-17(2)13-28-16-20)34(27)23-21(37-5)9-8-10-22(23)38-6/h7-10,12-16,19,24H,1,11H2,2-6H3,(H,32,33)/t19-,24-/m0/s1. The van der Waals surface area contributed by atoms with Crippen molar-refractivity contribution < 1.29 is 22.6 Å². The average molecular weight is 566 g/mol. The predicted octanol–water partition coefficient (Wildman–Crippen LogP) is 3.83. The van der Waals surface area contributed by atoms with Crippen molar-refractivity contribution in [3.8, 4) is 28.6 Å². The SMILES string of the molecule is C=CCO[C@H](c1ncc(C)cn1)[C@H](C)S(=O)(=O)Nc1nnc(-c2cncc(C)c2)n1-c1c(OC)cccc1OC. The number of anilines is 1. The van der Waals surface area contributed by atoms with Gasteiger partial charge in [0.2, 0.25) is 16.0 Å². The molecule has 0 amide bonds. The molecule has 0 saturated carbocycles. The first kappa shape index (κ1) is 28.6. The molecule has 3 aromatic heterocycles. The molecule has 0 spiro atoms. The maximum atomic E-state index is 13.8. The van der Waals surface area contributed by atoms with Gasteiger partial charge in [-0.3, -0.25) is 14.3 Å². The second kappa shape index (κ2) is 12.2. The normalized spacial score (nSPS) is 12.9. The molecule has 3 heterocycles. The zero-order chi connectivity index (χ0) is 28.9. The number of rotatable bonds is 12. The molecule has 40 heavy (non-hydrogen) atoms. The zero-order valence-corrected chi connectivity index (χ0v) is 23.7. The van der Waals surface area contributed by atoms with Gasteiger partial charge in [-0.15, -0.1) is 16.8 Å². The average Bonchev–Trinajstić information content (AvgIpc) is 3.35. The number of nitrogens with one attached hydrogen (secondary N) is 1. The highest BCUT2D eigenvalue weighted by atomic mass is 32.2. The molecule has 1 aromatic carbocycles. The molecule has 0 aliphatic carbocycles. The van der Waals surface area contributed by atoms with E-state index in [0.717, 1.165) is 11.1 Å². The summed E-state index contributed by atoms with van der Waals surface area (Å²) in [6, 6.07) is 7.08. The number of methoxy groups -OCH3 is 2. The van der Waals surface area contributed by atoms with Crippen LogP contribution in [0.3, 0.4) is 0 Å². The maximum Gasteiger partial charge on any atom is 0.243 e. The first-order valence-electron chi connectivity index (χ1n) is 12.3. The molecule has 0 fully saturated rings. The predicted molar refractivity (Wildman–Crippen MR) is 150 cm³/mol. The Hall–Kier alpha value is -4.36. The third-order valence-electron chi connectivity index (χ3n) is 6.02. The van der Waals surface area contributed by atoms with Crippen molar-refractivity contribution in [3.63, 3.8) is 0 Å². The molecule has 0 unspecified atom stereocenters. The Morgan fingerprint density at radius 2 is 1.70 bits per heavy atom. The van der Waals surface area contributed by atoms with Crippen LogP contribution in [0, 0.1) is 13.8 Å². The minimum absolute atomic E-state index is 0.0848. The van der Waals surface area contributed by atoms with E-state index in [4.69, 9.17) is 14.2 Å².